The first-order valence-electron chi connectivity index (χ1n) is 20.5. The Hall–Kier alpha value is -2.90. The van der Waals surface area contributed by atoms with Gasteiger partial charge in [-0.1, -0.05) is 117 Å². The Morgan fingerprint density at radius 3 is 1.15 bits per heavy atom. The number of rotatable bonds is 2. The Balaban J connectivity index is 0.000000232. The van der Waals surface area contributed by atoms with Gasteiger partial charge in [0.1, 0.15) is 0 Å². The average Bonchev–Trinajstić information content (AvgIpc) is 3.85. The monoisotopic (exact) mass is 948 g/mol. The van der Waals surface area contributed by atoms with Gasteiger partial charge in [-0.2, -0.15) is 6.08 Å². The van der Waals surface area contributed by atoms with E-state index in [9.17, 15) is 0 Å². The minimum atomic E-state index is 0. The predicted molar refractivity (Wildman–Crippen MR) is 255 cm³/mol. The van der Waals surface area contributed by atoms with Crippen molar-refractivity contribution in [1.29, 1.82) is 0 Å². The van der Waals surface area contributed by atoms with Crippen molar-refractivity contribution in [2.75, 3.05) is 0 Å². The van der Waals surface area contributed by atoms with Crippen LogP contribution < -0.4 is 24.8 Å². The normalized spacial score (nSPS) is 12.8. The van der Waals surface area contributed by atoms with Crippen LogP contribution in [0.1, 0.15) is 123 Å². The van der Waals surface area contributed by atoms with Crippen LogP contribution in [0.2, 0.25) is 10.0 Å². The van der Waals surface area contributed by atoms with Crippen LogP contribution >= 0.6 is 23.2 Å². The molecule has 5 heteroatoms. The van der Waals surface area contributed by atoms with E-state index in [0.717, 1.165) is 27.2 Å². The summed E-state index contributed by atoms with van der Waals surface area (Å²) >= 11 is 14.1. The third-order valence-electron chi connectivity index (χ3n) is 11.1. The van der Waals surface area contributed by atoms with Crippen LogP contribution in [0, 0.1) is 6.08 Å². The van der Waals surface area contributed by atoms with Gasteiger partial charge in [0.15, 0.2) is 0 Å². The van der Waals surface area contributed by atoms with Crippen LogP contribution in [0.4, 0.5) is 0 Å². The molecule has 0 saturated heterocycles. The molecule has 60 heavy (non-hydrogen) atoms. The Morgan fingerprint density at radius 1 is 0.500 bits per heavy atom. The molecular formula is C55H58Cl4Zr-2. The Labute approximate surface area is 397 Å². The fourth-order valence-corrected chi connectivity index (χ4v) is 9.56. The van der Waals surface area contributed by atoms with Crippen molar-refractivity contribution in [3.05, 3.63) is 171 Å². The molecule has 0 nitrogen and oxygen atoms in total. The summed E-state index contributed by atoms with van der Waals surface area (Å²) in [6.45, 7) is 28.0. The maximum atomic E-state index is 6.38. The molecule has 0 heterocycles. The van der Waals surface area contributed by atoms with Gasteiger partial charge in [0.25, 0.3) is 0 Å². The van der Waals surface area contributed by atoms with E-state index in [4.69, 9.17) is 23.2 Å². The number of halogens is 4. The number of allylic oxidation sites excluding steroid dienone is 4. The van der Waals surface area contributed by atoms with Crippen LogP contribution in [0.5, 0.6) is 0 Å². The van der Waals surface area contributed by atoms with E-state index < -0.39 is 0 Å². The van der Waals surface area contributed by atoms with Crippen LogP contribution in [0.3, 0.4) is 0 Å². The van der Waals surface area contributed by atoms with E-state index in [1.54, 1.807) is 0 Å². The van der Waals surface area contributed by atoms with Gasteiger partial charge >= 0.3 is 166 Å². The standard InChI is InChI=1S/C29H41.C21H12Cl2.C5H5.2ClH.Zr/c1-26(2,3)22-14-18-13-19-15-23(27(4,5)6)25(29(10,11)12)17-21(19)20(18)16-24(22)28(7,8)9;22-20-11-9-14(16-5-1-3-7-18(16)20)13-15-10-12-21(23)19-8-4-2-6-17(15)19;1-2-4-5-3-1;;;/h13-17H,1-12H3;1-12H;1-3H,4H2;2*1H;/q-1;;-1;;;+2/p-2. The van der Waals surface area contributed by atoms with Gasteiger partial charge in [0.2, 0.25) is 0 Å². The summed E-state index contributed by atoms with van der Waals surface area (Å²) in [7, 11) is 0. The van der Waals surface area contributed by atoms with Gasteiger partial charge in [-0.05, 0) is 21.7 Å². The van der Waals surface area contributed by atoms with Gasteiger partial charge in [-0.25, -0.2) is 12.2 Å². The first-order valence-corrected chi connectivity index (χ1v) is 22.4. The molecule has 0 bridgehead atoms. The summed E-state index contributed by atoms with van der Waals surface area (Å²) in [6.07, 6.45) is 10.0. The molecular weight excluding hydrogens is 894 g/mol. The molecule has 0 N–H and O–H groups in total. The largest absolute Gasteiger partial charge is 1.00 e. The maximum absolute atomic E-state index is 6.38. The molecule has 0 amide bonds. The Morgan fingerprint density at radius 2 is 0.850 bits per heavy atom. The molecule has 0 spiro atoms. The molecule has 0 radical (unpaired) electrons. The van der Waals surface area contributed by atoms with E-state index in [-0.39, 0.29) is 46.5 Å². The molecule has 7 aromatic carbocycles. The summed E-state index contributed by atoms with van der Waals surface area (Å²) < 4.78 is 1.31. The van der Waals surface area contributed by atoms with Crippen molar-refractivity contribution in [3.63, 3.8) is 0 Å². The summed E-state index contributed by atoms with van der Waals surface area (Å²) in [5, 5.41) is 11.7. The fraction of sp³-hybridized carbons (Fsp3) is 0.309. The number of hydrogen-bond donors (Lipinski definition) is 0. The van der Waals surface area contributed by atoms with E-state index in [0.29, 0.717) is 0 Å². The molecule has 312 valence electrons. The molecule has 0 fully saturated rings. The molecule has 0 saturated carbocycles. The van der Waals surface area contributed by atoms with Crippen molar-refractivity contribution in [2.24, 2.45) is 0 Å². The van der Waals surface area contributed by atoms with Gasteiger partial charge in [0, 0.05) is 0 Å². The first-order chi connectivity index (χ1) is 27.1. The minimum absolute atomic E-state index is 0. The average molecular weight is 952 g/mol. The van der Waals surface area contributed by atoms with Gasteiger partial charge < -0.3 is 24.8 Å². The van der Waals surface area contributed by atoms with Crippen molar-refractivity contribution < 1.29 is 49.0 Å². The Kier molecular flexibility index (Phi) is 16.0. The van der Waals surface area contributed by atoms with Crippen molar-refractivity contribution in [2.45, 2.75) is 111 Å². The second-order valence-corrected chi connectivity index (χ2v) is 21.8. The van der Waals surface area contributed by atoms with Crippen LogP contribution in [0.15, 0.2) is 121 Å². The number of benzene rings is 6. The third-order valence-corrected chi connectivity index (χ3v) is 13.1. The smallest absolute Gasteiger partial charge is 0.109 e. The van der Waals surface area contributed by atoms with E-state index in [2.05, 4.69) is 174 Å². The van der Waals surface area contributed by atoms with Crippen molar-refractivity contribution in [3.8, 4) is 0 Å². The van der Waals surface area contributed by atoms with Crippen molar-refractivity contribution in [1.82, 2.24) is 0 Å². The number of hydrogen-bond acceptors (Lipinski definition) is 0. The second-order valence-electron chi connectivity index (χ2n) is 19.8. The molecule has 0 atom stereocenters. The van der Waals surface area contributed by atoms with Gasteiger partial charge in [0.05, 0.1) is 0 Å². The molecule has 0 aliphatic heterocycles. The fourth-order valence-electron chi connectivity index (χ4n) is 8.03. The first kappa shape index (κ1) is 49.8. The summed E-state index contributed by atoms with van der Waals surface area (Å²) in [5.74, 6) is 0. The summed E-state index contributed by atoms with van der Waals surface area (Å²) in [4.78, 5) is 0. The molecule has 0 aromatic heterocycles. The SMILES string of the molecule is CC(C)(C)c1cc2[cH-]c3cc(C(C)(C)C)c(C(C)(C)C)cc3c2cc1C(C)(C)C.Clc1ccc([C](=[Zr+2])c2ccc(Cl)c3ccccc23)c2ccccc12.[C-]1=CC=CC1.[Cl-].[Cl-]. The maximum Gasteiger partial charge on any atom is -0.109 e. The second kappa shape index (κ2) is 19.2. The van der Waals surface area contributed by atoms with E-state index in [1.165, 1.54) is 93.1 Å². The molecule has 0 unspecified atom stereocenters. The summed E-state index contributed by atoms with van der Waals surface area (Å²) in [5.41, 5.74) is 8.88. The Bertz CT molecular complexity index is 2530. The minimum Gasteiger partial charge on any atom is -1.00 e. The van der Waals surface area contributed by atoms with Crippen LogP contribution in [0.25, 0.3) is 43.1 Å². The van der Waals surface area contributed by atoms with Gasteiger partial charge in [-0.15, -0.1) is 46.2 Å². The van der Waals surface area contributed by atoms with Crippen molar-refractivity contribution >= 4 is 69.5 Å². The van der Waals surface area contributed by atoms with E-state index >= 15 is 0 Å². The quantitative estimate of drug-likeness (QED) is 0.152. The number of fused-ring (bicyclic) bond motifs is 5. The van der Waals surface area contributed by atoms with Crippen LogP contribution in [-0.4, -0.2) is 3.21 Å². The molecule has 7 aromatic rings. The van der Waals surface area contributed by atoms with Crippen LogP contribution in [-0.2, 0) is 45.9 Å². The molecule has 1 aliphatic rings. The molecule has 1 aliphatic carbocycles. The molecule has 8 rings (SSSR count). The predicted octanol–water partition coefficient (Wildman–Crippen LogP) is 10.6. The topological polar surface area (TPSA) is 0 Å². The zero-order chi connectivity index (χ0) is 42.4. The zero-order valence-corrected chi connectivity index (χ0v) is 42.7. The third kappa shape index (κ3) is 10.8. The summed E-state index contributed by atoms with van der Waals surface area (Å²) in [6, 6.07) is 37.1. The zero-order valence-electron chi connectivity index (χ0n) is 37.3. The van der Waals surface area contributed by atoms with E-state index in [1.807, 2.05) is 36.4 Å². The van der Waals surface area contributed by atoms with Gasteiger partial charge in [-0.3, -0.25) is 6.08 Å².